The molecule has 2 rings (SSSR count). The van der Waals surface area contributed by atoms with Crippen molar-refractivity contribution >= 4 is 22.8 Å². The van der Waals surface area contributed by atoms with Crippen LogP contribution >= 0.6 is 0 Å². The molecule has 15 heavy (non-hydrogen) atoms. The molecule has 0 saturated heterocycles. The lowest BCUT2D eigenvalue weighted by Crippen LogP contribution is -1.87. The van der Waals surface area contributed by atoms with Crippen molar-refractivity contribution in [3.63, 3.8) is 0 Å². The van der Waals surface area contributed by atoms with Crippen molar-refractivity contribution in [3.05, 3.63) is 24.3 Å². The highest BCUT2D eigenvalue weighted by Crippen LogP contribution is 2.31. The Kier molecular flexibility index (Phi) is 2.27. The highest BCUT2D eigenvalue weighted by molar-refractivity contribution is 5.90. The fourth-order valence-corrected chi connectivity index (χ4v) is 1.65. The van der Waals surface area contributed by atoms with Gasteiger partial charge >= 0.3 is 0 Å². The molecule has 0 saturated carbocycles. The molecule has 0 unspecified atom stereocenters. The average molecular weight is 202 g/mol. The number of carbonyl (C=O) groups excluding carboxylic acids is 1. The van der Waals surface area contributed by atoms with E-state index in [2.05, 4.69) is 4.99 Å². The minimum absolute atomic E-state index is 0.574. The summed E-state index contributed by atoms with van der Waals surface area (Å²) in [7, 11) is 3.46. The third-order valence-electron chi connectivity index (χ3n) is 2.40. The van der Waals surface area contributed by atoms with Gasteiger partial charge in [-0.15, -0.1) is 4.99 Å². The molecule has 0 aliphatic carbocycles. The number of hydrogen-bond donors (Lipinski definition) is 0. The topological polar surface area (TPSA) is 43.6 Å². The molecule has 4 heteroatoms. The number of aromatic nitrogens is 1. The summed E-state index contributed by atoms with van der Waals surface area (Å²) in [6.45, 7) is 0. The third kappa shape index (κ3) is 1.41. The molecule has 0 N–H and O–H groups in total. The molecule has 4 nitrogen and oxygen atoms in total. The number of benzene rings is 1. The number of aliphatic imine (C=N–C) groups is 1. The van der Waals surface area contributed by atoms with Crippen LogP contribution in [0.4, 0.5) is 5.82 Å². The first-order valence-electron chi connectivity index (χ1n) is 4.48. The molecule has 0 bridgehead atoms. The molecule has 2 aromatic rings. The summed E-state index contributed by atoms with van der Waals surface area (Å²) in [5.74, 6) is 1.35. The van der Waals surface area contributed by atoms with E-state index in [1.54, 1.807) is 13.2 Å². The second kappa shape index (κ2) is 3.59. The van der Waals surface area contributed by atoms with Gasteiger partial charge in [0.05, 0.1) is 12.6 Å². The van der Waals surface area contributed by atoms with Crippen LogP contribution in [0.3, 0.4) is 0 Å². The molecule has 0 aliphatic heterocycles. The predicted octanol–water partition coefficient (Wildman–Crippen LogP) is 2.15. The zero-order valence-corrected chi connectivity index (χ0v) is 8.52. The van der Waals surface area contributed by atoms with Gasteiger partial charge in [-0.05, 0) is 18.2 Å². The van der Waals surface area contributed by atoms with Gasteiger partial charge in [-0.3, -0.25) is 0 Å². The molecule has 0 aliphatic rings. The molecule has 0 atom stereocenters. The Bertz CT molecular complexity index is 551. The van der Waals surface area contributed by atoms with Crippen LogP contribution in [0.15, 0.2) is 29.3 Å². The Hall–Kier alpha value is -2.06. The maximum absolute atomic E-state index is 10.2. The molecule has 1 aromatic heterocycles. The maximum atomic E-state index is 10.2. The van der Waals surface area contributed by atoms with Gasteiger partial charge in [-0.25, -0.2) is 4.79 Å². The quantitative estimate of drug-likeness (QED) is 0.553. The van der Waals surface area contributed by atoms with Crippen molar-refractivity contribution in [2.75, 3.05) is 7.11 Å². The van der Waals surface area contributed by atoms with Crippen LogP contribution in [-0.2, 0) is 11.8 Å². The zero-order valence-electron chi connectivity index (χ0n) is 8.52. The van der Waals surface area contributed by atoms with Crippen molar-refractivity contribution in [2.24, 2.45) is 12.0 Å². The van der Waals surface area contributed by atoms with E-state index in [9.17, 15) is 4.79 Å². The molecule has 0 radical (unpaired) electrons. The average Bonchev–Trinajstić information content (AvgIpc) is 2.57. The van der Waals surface area contributed by atoms with Crippen molar-refractivity contribution < 1.29 is 9.53 Å². The van der Waals surface area contributed by atoms with Crippen molar-refractivity contribution in [1.82, 2.24) is 4.57 Å². The Labute approximate surface area is 86.8 Å². The number of isocyanates is 1. The zero-order chi connectivity index (χ0) is 10.8. The van der Waals surface area contributed by atoms with Gasteiger partial charge in [0.25, 0.3) is 0 Å². The van der Waals surface area contributed by atoms with Gasteiger partial charge in [-0.1, -0.05) is 6.07 Å². The van der Waals surface area contributed by atoms with Gasteiger partial charge in [0.2, 0.25) is 6.08 Å². The first-order chi connectivity index (χ1) is 7.27. The lowest BCUT2D eigenvalue weighted by molar-refractivity contribution is 0.420. The Morgan fingerprint density at radius 1 is 1.47 bits per heavy atom. The summed E-state index contributed by atoms with van der Waals surface area (Å²) in [4.78, 5) is 13.8. The standard InChI is InChI=1S/C11H10N2O2/c1-13-9-4-3-5-10(15-2)8(9)6-11(13)12-7-14/h3-6H,1-2H3. The van der Waals surface area contributed by atoms with E-state index in [4.69, 9.17) is 4.74 Å². The predicted molar refractivity (Wildman–Crippen MR) is 57.3 cm³/mol. The summed E-state index contributed by atoms with van der Waals surface area (Å²) in [6.07, 6.45) is 1.54. The highest BCUT2D eigenvalue weighted by Gasteiger charge is 2.08. The molecule has 0 spiro atoms. The summed E-state index contributed by atoms with van der Waals surface area (Å²) in [5, 5.41) is 0.941. The van der Waals surface area contributed by atoms with E-state index in [1.807, 2.05) is 29.8 Å². The van der Waals surface area contributed by atoms with Crippen molar-refractivity contribution in [1.29, 1.82) is 0 Å². The first-order valence-corrected chi connectivity index (χ1v) is 4.48. The van der Waals surface area contributed by atoms with E-state index >= 15 is 0 Å². The molecule has 76 valence electrons. The minimum atomic E-state index is 0.574. The Morgan fingerprint density at radius 2 is 2.27 bits per heavy atom. The lowest BCUT2D eigenvalue weighted by atomic mass is 10.2. The molecular weight excluding hydrogens is 192 g/mol. The molecule has 1 aromatic carbocycles. The van der Waals surface area contributed by atoms with E-state index in [-0.39, 0.29) is 0 Å². The van der Waals surface area contributed by atoms with Crippen LogP contribution in [0.5, 0.6) is 5.75 Å². The van der Waals surface area contributed by atoms with Crippen molar-refractivity contribution in [3.8, 4) is 5.75 Å². The van der Waals surface area contributed by atoms with E-state index in [1.165, 1.54) is 6.08 Å². The fraction of sp³-hybridized carbons (Fsp3) is 0.182. The van der Waals surface area contributed by atoms with Crippen molar-refractivity contribution in [2.45, 2.75) is 0 Å². The van der Waals surface area contributed by atoms with Gasteiger partial charge < -0.3 is 9.30 Å². The third-order valence-corrected chi connectivity index (χ3v) is 2.40. The SMILES string of the molecule is COc1cccc2c1cc(N=C=O)n2C. The number of methoxy groups -OCH3 is 1. The van der Waals surface area contributed by atoms with E-state index in [0.717, 1.165) is 16.7 Å². The summed E-state index contributed by atoms with van der Waals surface area (Å²) in [6, 6.07) is 7.52. The highest BCUT2D eigenvalue weighted by atomic mass is 16.5. The van der Waals surface area contributed by atoms with Crippen LogP contribution < -0.4 is 4.74 Å². The number of hydrogen-bond acceptors (Lipinski definition) is 3. The Balaban J connectivity index is 2.80. The number of rotatable bonds is 2. The largest absolute Gasteiger partial charge is 0.496 e. The molecule has 1 heterocycles. The normalized spacial score (nSPS) is 10.0. The maximum Gasteiger partial charge on any atom is 0.242 e. The monoisotopic (exact) mass is 202 g/mol. The van der Waals surface area contributed by atoms with Crippen LogP contribution in [-0.4, -0.2) is 17.8 Å². The molecular formula is C11H10N2O2. The van der Waals surface area contributed by atoms with Crippen LogP contribution in [0.2, 0.25) is 0 Å². The number of ether oxygens (including phenoxy) is 1. The van der Waals surface area contributed by atoms with Gasteiger partial charge in [0, 0.05) is 12.4 Å². The molecule has 0 amide bonds. The fourth-order valence-electron chi connectivity index (χ4n) is 1.65. The number of aryl methyl sites for hydroxylation is 1. The molecule has 0 fully saturated rings. The number of fused-ring (bicyclic) bond motifs is 1. The summed E-state index contributed by atoms with van der Waals surface area (Å²) in [5.41, 5.74) is 0.975. The van der Waals surface area contributed by atoms with E-state index < -0.39 is 0 Å². The van der Waals surface area contributed by atoms with Gasteiger partial charge in [0.15, 0.2) is 0 Å². The number of nitrogens with zero attached hydrogens (tertiary/aromatic N) is 2. The summed E-state index contributed by atoms with van der Waals surface area (Å²) < 4.78 is 7.04. The van der Waals surface area contributed by atoms with Crippen LogP contribution in [0, 0.1) is 0 Å². The minimum Gasteiger partial charge on any atom is -0.496 e. The lowest BCUT2D eigenvalue weighted by Gasteiger charge is -2.01. The van der Waals surface area contributed by atoms with Gasteiger partial charge in [-0.2, -0.15) is 0 Å². The second-order valence-electron chi connectivity index (χ2n) is 3.16. The Morgan fingerprint density at radius 3 is 2.93 bits per heavy atom. The summed E-state index contributed by atoms with van der Waals surface area (Å²) >= 11 is 0. The first kappa shape index (κ1) is 9.49. The second-order valence-corrected chi connectivity index (χ2v) is 3.16. The van der Waals surface area contributed by atoms with E-state index in [0.29, 0.717) is 5.82 Å². The van der Waals surface area contributed by atoms with Crippen LogP contribution in [0.25, 0.3) is 10.9 Å². The van der Waals surface area contributed by atoms with Gasteiger partial charge in [0.1, 0.15) is 11.6 Å². The smallest absolute Gasteiger partial charge is 0.242 e. The van der Waals surface area contributed by atoms with Crippen LogP contribution in [0.1, 0.15) is 0 Å².